The SMILES string of the molecule is Cc1ccc(S(=O)(=O)N(CC(=O)N(Cc2ccccc2Cl)[C@@H](C)C(=O)NC2CCCCC2)c2ccc(C)c(Cl)c2)cc1. The topological polar surface area (TPSA) is 86.8 Å². The number of anilines is 1. The number of amides is 2. The van der Waals surface area contributed by atoms with Crippen molar-refractivity contribution >= 4 is 50.7 Å². The molecule has 0 bridgehead atoms. The van der Waals surface area contributed by atoms with Crippen molar-refractivity contribution in [1.29, 1.82) is 0 Å². The Labute approximate surface area is 258 Å². The number of halogens is 2. The molecule has 0 unspecified atom stereocenters. The molecule has 3 aromatic rings. The molecule has 1 saturated carbocycles. The molecule has 0 spiro atoms. The first-order valence-electron chi connectivity index (χ1n) is 14.2. The number of carbonyl (C=O) groups is 2. The van der Waals surface area contributed by atoms with Crippen LogP contribution in [0.2, 0.25) is 10.0 Å². The second kappa shape index (κ2) is 13.9. The Bertz CT molecular complexity index is 1520. The molecule has 1 aliphatic rings. The van der Waals surface area contributed by atoms with Crippen molar-refractivity contribution < 1.29 is 18.0 Å². The Morgan fingerprint density at radius 1 is 0.929 bits per heavy atom. The van der Waals surface area contributed by atoms with E-state index in [9.17, 15) is 18.0 Å². The quantitative estimate of drug-likeness (QED) is 0.271. The second-order valence-corrected chi connectivity index (χ2v) is 13.6. The minimum atomic E-state index is -4.18. The molecular weight excluding hydrogens is 593 g/mol. The van der Waals surface area contributed by atoms with Gasteiger partial charge in [0.25, 0.3) is 10.0 Å². The molecule has 42 heavy (non-hydrogen) atoms. The number of aryl methyl sites for hydroxylation is 2. The molecule has 1 N–H and O–H groups in total. The highest BCUT2D eigenvalue weighted by Crippen LogP contribution is 2.29. The van der Waals surface area contributed by atoms with Gasteiger partial charge in [0.15, 0.2) is 0 Å². The molecule has 10 heteroatoms. The Morgan fingerprint density at radius 3 is 2.24 bits per heavy atom. The summed E-state index contributed by atoms with van der Waals surface area (Å²) in [7, 11) is -4.18. The predicted molar refractivity (Wildman–Crippen MR) is 168 cm³/mol. The van der Waals surface area contributed by atoms with E-state index in [1.807, 2.05) is 13.8 Å². The third-order valence-corrected chi connectivity index (χ3v) is 10.3. The Morgan fingerprint density at radius 2 is 1.60 bits per heavy atom. The maximum Gasteiger partial charge on any atom is 0.264 e. The van der Waals surface area contributed by atoms with Crippen LogP contribution < -0.4 is 9.62 Å². The van der Waals surface area contributed by atoms with Gasteiger partial charge in [-0.2, -0.15) is 0 Å². The Kier molecular flexibility index (Phi) is 10.6. The lowest BCUT2D eigenvalue weighted by Gasteiger charge is -2.33. The summed E-state index contributed by atoms with van der Waals surface area (Å²) in [4.78, 5) is 29.0. The molecule has 4 rings (SSSR count). The lowest BCUT2D eigenvalue weighted by Crippen LogP contribution is -2.53. The van der Waals surface area contributed by atoms with E-state index in [-0.39, 0.29) is 29.1 Å². The van der Waals surface area contributed by atoms with Gasteiger partial charge in [0.05, 0.1) is 10.6 Å². The summed E-state index contributed by atoms with van der Waals surface area (Å²) in [5.74, 6) is -0.831. The van der Waals surface area contributed by atoms with Gasteiger partial charge in [0, 0.05) is 22.6 Å². The minimum Gasteiger partial charge on any atom is -0.352 e. The van der Waals surface area contributed by atoms with Gasteiger partial charge in [-0.05, 0) is 75.1 Å². The third kappa shape index (κ3) is 7.65. The monoisotopic (exact) mass is 629 g/mol. The molecule has 2 amide bonds. The van der Waals surface area contributed by atoms with Crippen molar-refractivity contribution in [3.63, 3.8) is 0 Å². The van der Waals surface area contributed by atoms with E-state index >= 15 is 0 Å². The number of nitrogens with zero attached hydrogens (tertiary/aromatic N) is 2. The molecule has 0 aromatic heterocycles. The lowest BCUT2D eigenvalue weighted by atomic mass is 9.95. The molecule has 1 aliphatic carbocycles. The van der Waals surface area contributed by atoms with Gasteiger partial charge in [0.1, 0.15) is 12.6 Å². The number of carbonyl (C=O) groups excluding carboxylic acids is 2. The molecule has 224 valence electrons. The first-order valence-corrected chi connectivity index (χ1v) is 16.4. The van der Waals surface area contributed by atoms with Crippen molar-refractivity contribution in [3.8, 4) is 0 Å². The maximum atomic E-state index is 14.1. The maximum absolute atomic E-state index is 14.1. The molecule has 3 aromatic carbocycles. The fourth-order valence-corrected chi connectivity index (χ4v) is 6.84. The van der Waals surface area contributed by atoms with Crippen LogP contribution in [0.15, 0.2) is 71.6 Å². The van der Waals surface area contributed by atoms with Gasteiger partial charge in [-0.15, -0.1) is 0 Å². The molecular formula is C32H37Cl2N3O4S. The van der Waals surface area contributed by atoms with Crippen molar-refractivity contribution in [2.24, 2.45) is 0 Å². The van der Waals surface area contributed by atoms with Gasteiger partial charge in [0.2, 0.25) is 11.8 Å². The zero-order chi connectivity index (χ0) is 30.4. The van der Waals surface area contributed by atoms with Crippen molar-refractivity contribution in [2.45, 2.75) is 76.4 Å². The number of sulfonamides is 1. The molecule has 0 saturated heterocycles. The first kappa shape index (κ1) is 31.9. The van der Waals surface area contributed by atoms with E-state index in [1.54, 1.807) is 55.5 Å². The largest absolute Gasteiger partial charge is 0.352 e. The van der Waals surface area contributed by atoms with E-state index in [4.69, 9.17) is 23.2 Å². The normalized spacial score (nSPS) is 14.7. The van der Waals surface area contributed by atoms with Crippen LogP contribution in [0.4, 0.5) is 5.69 Å². The summed E-state index contributed by atoms with van der Waals surface area (Å²) in [6.45, 7) is 4.83. The fourth-order valence-electron chi connectivity index (χ4n) is 5.06. The van der Waals surface area contributed by atoms with Crippen LogP contribution in [-0.2, 0) is 26.2 Å². The summed E-state index contributed by atoms with van der Waals surface area (Å²) in [6.07, 6.45) is 5.04. The summed E-state index contributed by atoms with van der Waals surface area (Å²) in [6, 6.07) is 17.6. The predicted octanol–water partition coefficient (Wildman–Crippen LogP) is 6.67. The van der Waals surface area contributed by atoms with E-state index in [1.165, 1.54) is 23.1 Å². The summed E-state index contributed by atoms with van der Waals surface area (Å²) in [5.41, 5.74) is 2.57. The van der Waals surface area contributed by atoms with Crippen molar-refractivity contribution in [2.75, 3.05) is 10.8 Å². The van der Waals surface area contributed by atoms with Crippen LogP contribution in [0, 0.1) is 13.8 Å². The van der Waals surface area contributed by atoms with Crippen LogP contribution in [0.5, 0.6) is 0 Å². The molecule has 1 fully saturated rings. The molecule has 0 heterocycles. The van der Waals surface area contributed by atoms with E-state index < -0.39 is 28.5 Å². The van der Waals surface area contributed by atoms with Crippen LogP contribution in [-0.4, -0.2) is 43.8 Å². The highest BCUT2D eigenvalue weighted by Gasteiger charge is 2.33. The van der Waals surface area contributed by atoms with Gasteiger partial charge in [-0.1, -0.05) is 84.4 Å². The standard InChI is InChI=1S/C32H37Cl2N3O4S/c1-22-13-17-28(18-14-22)42(40,41)37(27-16-15-23(2)30(34)19-27)21-31(38)36(20-25-9-7-8-12-29(25)33)24(3)32(39)35-26-10-5-4-6-11-26/h7-9,12-19,24,26H,4-6,10-11,20-21H2,1-3H3,(H,35,39)/t24-/m0/s1. The third-order valence-electron chi connectivity index (χ3n) is 7.75. The van der Waals surface area contributed by atoms with Crippen LogP contribution >= 0.6 is 23.2 Å². The number of rotatable bonds is 10. The van der Waals surface area contributed by atoms with E-state index in [2.05, 4.69) is 5.32 Å². The van der Waals surface area contributed by atoms with Crippen LogP contribution in [0.25, 0.3) is 0 Å². The number of benzene rings is 3. The van der Waals surface area contributed by atoms with Crippen LogP contribution in [0.1, 0.15) is 55.7 Å². The minimum absolute atomic E-state index is 0.0326. The number of nitrogens with one attached hydrogen (secondary N) is 1. The van der Waals surface area contributed by atoms with Crippen molar-refractivity contribution in [1.82, 2.24) is 10.2 Å². The molecule has 1 atom stereocenters. The van der Waals surface area contributed by atoms with Gasteiger partial charge in [-0.3, -0.25) is 13.9 Å². The average Bonchev–Trinajstić information content (AvgIpc) is 2.97. The Hall–Kier alpha value is -3.07. The van der Waals surface area contributed by atoms with Gasteiger partial charge >= 0.3 is 0 Å². The zero-order valence-corrected chi connectivity index (χ0v) is 26.5. The second-order valence-electron chi connectivity index (χ2n) is 10.9. The summed E-state index contributed by atoms with van der Waals surface area (Å²) >= 11 is 12.9. The lowest BCUT2D eigenvalue weighted by molar-refractivity contribution is -0.139. The average molecular weight is 631 g/mol. The number of hydrogen-bond donors (Lipinski definition) is 1. The van der Waals surface area contributed by atoms with Crippen molar-refractivity contribution in [3.05, 3.63) is 93.5 Å². The molecule has 7 nitrogen and oxygen atoms in total. The first-order chi connectivity index (χ1) is 20.0. The van der Waals surface area contributed by atoms with Gasteiger partial charge in [-0.25, -0.2) is 8.42 Å². The zero-order valence-electron chi connectivity index (χ0n) is 24.1. The van der Waals surface area contributed by atoms with Gasteiger partial charge < -0.3 is 10.2 Å². The molecule has 0 aliphatic heterocycles. The smallest absolute Gasteiger partial charge is 0.264 e. The highest BCUT2D eigenvalue weighted by molar-refractivity contribution is 7.92. The Balaban J connectivity index is 1.70. The number of hydrogen-bond acceptors (Lipinski definition) is 4. The highest BCUT2D eigenvalue weighted by atomic mass is 35.5. The van der Waals surface area contributed by atoms with E-state index in [0.29, 0.717) is 15.6 Å². The summed E-state index contributed by atoms with van der Waals surface area (Å²) in [5, 5.41) is 3.92. The van der Waals surface area contributed by atoms with Crippen LogP contribution in [0.3, 0.4) is 0 Å². The fraction of sp³-hybridized carbons (Fsp3) is 0.375. The summed E-state index contributed by atoms with van der Waals surface area (Å²) < 4.78 is 29.0. The molecule has 0 radical (unpaired) electrons. The van der Waals surface area contributed by atoms with E-state index in [0.717, 1.165) is 47.5 Å².